The molecule has 3 heterocycles. The monoisotopic (exact) mass is 472 g/mol. The van der Waals surface area contributed by atoms with Crippen molar-refractivity contribution >= 4 is 22.0 Å². The zero-order valence-corrected chi connectivity index (χ0v) is 17.5. The SMILES string of the molecule is O=C(NC(c1cccc(Br)c1)C(c1cccnc1)c1cccnc1)N1CC(F)(F)C1. The first-order chi connectivity index (χ1) is 14.4. The summed E-state index contributed by atoms with van der Waals surface area (Å²) in [4.78, 5) is 22.4. The van der Waals surface area contributed by atoms with Gasteiger partial charge in [0.15, 0.2) is 0 Å². The van der Waals surface area contributed by atoms with Gasteiger partial charge in [-0.2, -0.15) is 0 Å². The number of pyridine rings is 2. The minimum Gasteiger partial charge on any atom is -0.330 e. The molecule has 154 valence electrons. The van der Waals surface area contributed by atoms with Crippen LogP contribution < -0.4 is 5.32 Å². The lowest BCUT2D eigenvalue weighted by molar-refractivity contribution is -0.110. The van der Waals surface area contributed by atoms with Crippen LogP contribution in [0.15, 0.2) is 77.8 Å². The highest BCUT2D eigenvalue weighted by Crippen LogP contribution is 2.38. The fourth-order valence-corrected chi connectivity index (χ4v) is 4.05. The number of aromatic nitrogens is 2. The number of carbonyl (C=O) groups is 1. The highest BCUT2D eigenvalue weighted by molar-refractivity contribution is 9.10. The molecule has 8 heteroatoms. The lowest BCUT2D eigenvalue weighted by Gasteiger charge is -2.40. The minimum absolute atomic E-state index is 0.313. The standard InChI is InChI=1S/C22H19BrF2N4O/c23-18-7-1-4-15(10-18)20(28-21(30)29-13-22(24,25)14-29)19(16-5-2-8-26-11-16)17-6-3-9-27-12-17/h1-12,19-20H,13-14H2,(H,28,30). The lowest BCUT2D eigenvalue weighted by Crippen LogP contribution is -2.61. The molecule has 1 aromatic carbocycles. The van der Waals surface area contributed by atoms with E-state index in [0.29, 0.717) is 0 Å². The molecule has 1 N–H and O–H groups in total. The van der Waals surface area contributed by atoms with Gasteiger partial charge in [0.1, 0.15) is 0 Å². The third-order valence-electron chi connectivity index (χ3n) is 5.04. The van der Waals surface area contributed by atoms with Gasteiger partial charge in [0, 0.05) is 35.2 Å². The van der Waals surface area contributed by atoms with Crippen LogP contribution in [0.5, 0.6) is 0 Å². The summed E-state index contributed by atoms with van der Waals surface area (Å²) in [6, 6.07) is 14.1. The molecule has 0 bridgehead atoms. The summed E-state index contributed by atoms with van der Waals surface area (Å²) in [5, 5.41) is 2.97. The van der Waals surface area contributed by atoms with E-state index in [1.54, 1.807) is 24.8 Å². The average molecular weight is 473 g/mol. The number of hydrogen-bond donors (Lipinski definition) is 1. The van der Waals surface area contributed by atoms with Crippen molar-refractivity contribution in [3.63, 3.8) is 0 Å². The van der Waals surface area contributed by atoms with Crippen LogP contribution >= 0.6 is 15.9 Å². The number of urea groups is 1. The van der Waals surface area contributed by atoms with Crippen LogP contribution in [-0.2, 0) is 0 Å². The summed E-state index contributed by atoms with van der Waals surface area (Å²) < 4.78 is 27.5. The normalized spacial score (nSPS) is 16.1. The van der Waals surface area contributed by atoms with E-state index >= 15 is 0 Å². The maximum Gasteiger partial charge on any atom is 0.318 e. The Bertz CT molecular complexity index is 972. The van der Waals surface area contributed by atoms with E-state index in [1.807, 2.05) is 48.5 Å². The highest BCUT2D eigenvalue weighted by Gasteiger charge is 2.47. The maximum atomic E-state index is 13.3. The molecule has 30 heavy (non-hydrogen) atoms. The third kappa shape index (κ3) is 4.48. The molecule has 4 rings (SSSR count). The molecular formula is C22H19BrF2N4O. The molecule has 1 saturated heterocycles. The average Bonchev–Trinajstić information content (AvgIpc) is 2.73. The minimum atomic E-state index is -2.82. The molecule has 3 aromatic rings. The van der Waals surface area contributed by atoms with Gasteiger partial charge in [0.05, 0.1) is 19.1 Å². The molecule has 2 amide bonds. The van der Waals surface area contributed by atoms with Crippen molar-refractivity contribution in [1.29, 1.82) is 0 Å². The van der Waals surface area contributed by atoms with Crippen LogP contribution in [0.3, 0.4) is 0 Å². The Hall–Kier alpha value is -2.87. The first-order valence-electron chi connectivity index (χ1n) is 9.41. The van der Waals surface area contributed by atoms with Crippen LogP contribution in [0.1, 0.15) is 28.7 Å². The van der Waals surface area contributed by atoms with Crippen molar-refractivity contribution in [2.75, 3.05) is 13.1 Å². The van der Waals surface area contributed by atoms with Gasteiger partial charge in [0.2, 0.25) is 0 Å². The summed E-state index contributed by atoms with van der Waals surface area (Å²) in [5.41, 5.74) is 2.59. The van der Waals surface area contributed by atoms with E-state index in [0.717, 1.165) is 26.1 Å². The van der Waals surface area contributed by atoms with Gasteiger partial charge in [0.25, 0.3) is 5.92 Å². The zero-order chi connectivity index (χ0) is 21.1. The number of nitrogens with zero attached hydrogens (tertiary/aromatic N) is 3. The van der Waals surface area contributed by atoms with Crippen LogP contribution in [0.25, 0.3) is 0 Å². The van der Waals surface area contributed by atoms with Crippen LogP contribution in [0.4, 0.5) is 13.6 Å². The number of nitrogens with one attached hydrogen (secondary N) is 1. The molecule has 0 spiro atoms. The second kappa shape index (κ2) is 8.47. The van der Waals surface area contributed by atoms with Gasteiger partial charge in [-0.15, -0.1) is 0 Å². The van der Waals surface area contributed by atoms with E-state index in [9.17, 15) is 13.6 Å². The Labute approximate surface area is 181 Å². The topological polar surface area (TPSA) is 58.1 Å². The zero-order valence-electron chi connectivity index (χ0n) is 15.9. The van der Waals surface area contributed by atoms with Gasteiger partial charge in [-0.1, -0.05) is 40.2 Å². The Kier molecular flexibility index (Phi) is 5.76. The lowest BCUT2D eigenvalue weighted by atomic mass is 9.83. The van der Waals surface area contributed by atoms with Crippen molar-refractivity contribution in [3.05, 3.63) is 94.5 Å². The summed E-state index contributed by atoms with van der Waals surface area (Å²) in [6.45, 7) is -1.15. The number of likely N-dealkylation sites (tertiary alicyclic amines) is 1. The fourth-order valence-electron chi connectivity index (χ4n) is 3.64. The molecule has 5 nitrogen and oxygen atoms in total. The Morgan fingerprint density at radius 3 is 2.10 bits per heavy atom. The number of amides is 2. The molecule has 1 unspecified atom stereocenters. The van der Waals surface area contributed by atoms with Crippen molar-refractivity contribution < 1.29 is 13.6 Å². The van der Waals surface area contributed by atoms with E-state index in [4.69, 9.17) is 0 Å². The van der Waals surface area contributed by atoms with Crippen LogP contribution in [-0.4, -0.2) is 39.9 Å². The third-order valence-corrected chi connectivity index (χ3v) is 5.53. The van der Waals surface area contributed by atoms with Crippen molar-refractivity contribution in [1.82, 2.24) is 20.2 Å². The molecule has 0 saturated carbocycles. The summed E-state index contributed by atoms with van der Waals surface area (Å²) >= 11 is 3.48. The molecule has 1 aliphatic rings. The Morgan fingerprint density at radius 1 is 1.00 bits per heavy atom. The van der Waals surface area contributed by atoms with Gasteiger partial charge < -0.3 is 10.2 Å². The number of halogens is 3. The Morgan fingerprint density at radius 2 is 1.60 bits per heavy atom. The molecule has 1 aliphatic heterocycles. The molecule has 1 atom stereocenters. The fraction of sp³-hybridized carbons (Fsp3) is 0.227. The van der Waals surface area contributed by atoms with E-state index in [2.05, 4.69) is 31.2 Å². The highest BCUT2D eigenvalue weighted by atomic mass is 79.9. The maximum absolute atomic E-state index is 13.3. The number of hydrogen-bond acceptors (Lipinski definition) is 3. The largest absolute Gasteiger partial charge is 0.330 e. The van der Waals surface area contributed by atoms with Crippen LogP contribution in [0, 0.1) is 0 Å². The van der Waals surface area contributed by atoms with E-state index in [1.165, 1.54) is 0 Å². The predicted molar refractivity (Wildman–Crippen MR) is 112 cm³/mol. The number of alkyl halides is 2. The van der Waals surface area contributed by atoms with Crippen molar-refractivity contribution in [2.24, 2.45) is 0 Å². The molecular weight excluding hydrogens is 454 g/mol. The molecule has 2 aromatic heterocycles. The van der Waals surface area contributed by atoms with Gasteiger partial charge in [-0.3, -0.25) is 9.97 Å². The first-order valence-corrected chi connectivity index (χ1v) is 10.2. The Balaban J connectivity index is 1.75. The quantitative estimate of drug-likeness (QED) is 0.581. The summed E-state index contributed by atoms with van der Waals surface area (Å²) in [5.74, 6) is -3.14. The van der Waals surface area contributed by atoms with Gasteiger partial charge in [-0.05, 0) is 41.0 Å². The molecule has 1 fully saturated rings. The van der Waals surface area contributed by atoms with Gasteiger partial charge in [-0.25, -0.2) is 13.6 Å². The smallest absolute Gasteiger partial charge is 0.318 e. The second-order valence-electron chi connectivity index (χ2n) is 7.24. The number of benzene rings is 1. The number of rotatable bonds is 5. The number of carbonyl (C=O) groups excluding carboxylic acids is 1. The molecule has 0 aliphatic carbocycles. The molecule has 0 radical (unpaired) electrons. The summed E-state index contributed by atoms with van der Waals surface area (Å²) in [6.07, 6.45) is 6.84. The predicted octanol–water partition coefficient (Wildman–Crippen LogP) is 4.77. The second-order valence-corrected chi connectivity index (χ2v) is 8.16. The van der Waals surface area contributed by atoms with Gasteiger partial charge >= 0.3 is 6.03 Å². The summed E-state index contributed by atoms with van der Waals surface area (Å²) in [7, 11) is 0. The van der Waals surface area contributed by atoms with Crippen LogP contribution in [0.2, 0.25) is 0 Å². The van der Waals surface area contributed by atoms with Crippen molar-refractivity contribution in [2.45, 2.75) is 17.9 Å². The first kappa shape index (κ1) is 20.4. The van der Waals surface area contributed by atoms with Crippen molar-refractivity contribution in [3.8, 4) is 0 Å². The van der Waals surface area contributed by atoms with E-state index in [-0.39, 0.29) is 5.92 Å². The van der Waals surface area contributed by atoms with E-state index < -0.39 is 31.1 Å².